The number of carbonyl (C=O) groups excluding carboxylic acids is 3. The largest absolute Gasteiger partial charge is 0.454 e. The first-order valence-electron chi connectivity index (χ1n) is 14.4. The Bertz CT molecular complexity index is 1860. The number of rotatable bonds is 11. The number of aliphatic imine (C=N–C) groups is 2. The molecule has 6 rings (SSSR count). The van der Waals surface area contributed by atoms with Crippen molar-refractivity contribution in [1.82, 2.24) is 15.5 Å². The van der Waals surface area contributed by atoms with Crippen LogP contribution in [0, 0.1) is 0 Å². The molecule has 3 amide bonds. The van der Waals surface area contributed by atoms with Gasteiger partial charge in [0, 0.05) is 25.1 Å². The van der Waals surface area contributed by atoms with E-state index in [0.29, 0.717) is 53.3 Å². The molecule has 0 bridgehead atoms. The maximum Gasteiger partial charge on any atom is 0.259 e. The van der Waals surface area contributed by atoms with Crippen molar-refractivity contribution < 1.29 is 32.3 Å². The van der Waals surface area contributed by atoms with Gasteiger partial charge in [0.15, 0.2) is 16.7 Å². The fraction of sp³-hybridized carbons (Fsp3) is 0.258. The van der Waals surface area contributed by atoms with Gasteiger partial charge in [-0.3, -0.25) is 19.4 Å². The normalized spacial score (nSPS) is 16.3. The monoisotopic (exact) mass is 662 g/mol. The molecule has 0 aliphatic carbocycles. The maximum absolute atomic E-state index is 13.5. The van der Waals surface area contributed by atoms with Crippen LogP contribution in [0.15, 0.2) is 81.6 Å². The minimum atomic E-state index is -3.77. The lowest BCUT2D eigenvalue weighted by molar-refractivity contribution is -0.125. The fourth-order valence-electron chi connectivity index (χ4n) is 5.07. The van der Waals surface area contributed by atoms with Gasteiger partial charge in [-0.25, -0.2) is 23.4 Å². The summed E-state index contributed by atoms with van der Waals surface area (Å²) in [6, 6.07) is 18.2. The van der Waals surface area contributed by atoms with Crippen molar-refractivity contribution in [2.24, 2.45) is 15.1 Å². The van der Waals surface area contributed by atoms with E-state index in [9.17, 15) is 22.8 Å². The number of nitrogens with two attached hydrogens (primary N) is 1. The van der Waals surface area contributed by atoms with E-state index < -0.39 is 16.1 Å². The highest BCUT2D eigenvalue weighted by atomic mass is 32.2. The predicted molar refractivity (Wildman–Crippen MR) is 171 cm³/mol. The molecule has 3 aromatic carbocycles. The van der Waals surface area contributed by atoms with Crippen LogP contribution < -0.4 is 25.2 Å². The van der Waals surface area contributed by atoms with Crippen LogP contribution >= 0.6 is 11.8 Å². The third kappa shape index (κ3) is 7.06. The topological polar surface area (TPSA) is 182 Å². The minimum Gasteiger partial charge on any atom is -0.454 e. The van der Waals surface area contributed by atoms with E-state index in [1.54, 1.807) is 18.2 Å². The van der Waals surface area contributed by atoms with Crippen LogP contribution in [0.4, 0.5) is 5.69 Å². The van der Waals surface area contributed by atoms with Gasteiger partial charge in [0.25, 0.3) is 5.91 Å². The molecule has 13 nitrogen and oxygen atoms in total. The highest BCUT2D eigenvalue weighted by molar-refractivity contribution is 8.14. The number of thioether (sulfide) groups is 1. The van der Waals surface area contributed by atoms with E-state index in [1.807, 2.05) is 36.4 Å². The number of primary sulfonamides is 1. The highest BCUT2D eigenvalue weighted by Gasteiger charge is 2.41. The molecule has 1 atom stereocenters. The summed E-state index contributed by atoms with van der Waals surface area (Å²) in [5.41, 5.74) is 3.04. The zero-order valence-corrected chi connectivity index (χ0v) is 26.1. The van der Waals surface area contributed by atoms with Crippen molar-refractivity contribution in [3.05, 3.63) is 83.4 Å². The van der Waals surface area contributed by atoms with Gasteiger partial charge in [0.05, 0.1) is 16.3 Å². The molecule has 3 aliphatic heterocycles. The van der Waals surface area contributed by atoms with Crippen molar-refractivity contribution in [3.63, 3.8) is 0 Å². The molecule has 3 aromatic rings. The fourth-order valence-corrected chi connectivity index (χ4v) is 6.41. The third-order valence-electron chi connectivity index (χ3n) is 7.44. The predicted octanol–water partition coefficient (Wildman–Crippen LogP) is 2.21. The number of amides is 3. The quantitative estimate of drug-likeness (QED) is 0.279. The lowest BCUT2D eigenvalue weighted by Crippen LogP contribution is -2.42. The summed E-state index contributed by atoms with van der Waals surface area (Å²) >= 11 is 1.12. The van der Waals surface area contributed by atoms with E-state index in [0.717, 1.165) is 22.9 Å². The Kier molecular flexibility index (Phi) is 9.05. The number of fused-ring (bicyclic) bond motifs is 4. The summed E-state index contributed by atoms with van der Waals surface area (Å²) in [6.45, 7) is 0.812. The van der Waals surface area contributed by atoms with Crippen LogP contribution in [0.1, 0.15) is 29.5 Å². The Labute approximate surface area is 269 Å². The number of carbonyl (C=O) groups is 3. The number of amidine groups is 2. The average Bonchev–Trinajstić information content (AvgIpc) is 3.65. The molecule has 0 spiro atoms. The average molecular weight is 663 g/mol. The summed E-state index contributed by atoms with van der Waals surface area (Å²) in [5.74, 6) is 0.995. The second-order valence-corrected chi connectivity index (χ2v) is 13.1. The third-order valence-corrected chi connectivity index (χ3v) is 9.31. The Hall–Kier alpha value is -4.73. The molecule has 0 fully saturated rings. The first-order valence-corrected chi connectivity index (χ1v) is 17.0. The van der Waals surface area contributed by atoms with E-state index >= 15 is 0 Å². The summed E-state index contributed by atoms with van der Waals surface area (Å²) in [6.07, 6.45) is 0.799. The number of nitrogens with zero attached hydrogens (tertiary/aromatic N) is 3. The van der Waals surface area contributed by atoms with Crippen LogP contribution in [0.25, 0.3) is 0 Å². The summed E-state index contributed by atoms with van der Waals surface area (Å²) in [5, 5.41) is 11.2. The molecule has 15 heteroatoms. The Morgan fingerprint density at radius 3 is 2.54 bits per heavy atom. The van der Waals surface area contributed by atoms with Crippen molar-refractivity contribution in [2.75, 3.05) is 19.1 Å². The number of ether oxygens (including phenoxy) is 2. The second-order valence-electron chi connectivity index (χ2n) is 10.6. The van der Waals surface area contributed by atoms with Gasteiger partial charge < -0.3 is 20.1 Å². The van der Waals surface area contributed by atoms with Gasteiger partial charge in [0.2, 0.25) is 28.6 Å². The van der Waals surface area contributed by atoms with E-state index in [2.05, 4.69) is 20.6 Å². The van der Waals surface area contributed by atoms with Crippen LogP contribution in [-0.2, 0) is 37.4 Å². The summed E-state index contributed by atoms with van der Waals surface area (Å²) < 4.78 is 33.6. The first kappa shape index (κ1) is 31.3. The lowest BCUT2D eigenvalue weighted by atomic mass is 10.1. The zero-order chi connectivity index (χ0) is 32.3. The molecule has 0 aromatic heterocycles. The van der Waals surface area contributed by atoms with Gasteiger partial charge >= 0.3 is 0 Å². The van der Waals surface area contributed by atoms with Crippen molar-refractivity contribution in [1.29, 1.82) is 0 Å². The van der Waals surface area contributed by atoms with Crippen LogP contribution in [0.5, 0.6) is 11.5 Å². The molecule has 0 radical (unpaired) electrons. The van der Waals surface area contributed by atoms with Gasteiger partial charge in [0.1, 0.15) is 11.9 Å². The number of nitrogens with one attached hydrogen (secondary N) is 2. The zero-order valence-electron chi connectivity index (χ0n) is 24.5. The van der Waals surface area contributed by atoms with Crippen LogP contribution in [-0.4, -0.2) is 67.2 Å². The molecule has 0 unspecified atom stereocenters. The summed E-state index contributed by atoms with van der Waals surface area (Å²) in [4.78, 5) is 49.7. The standard InChI is InChI=1S/C31H30N6O7S2/c32-46(41,42)21-8-5-19(6-9-21)13-14-33-28(39)17-45-31-36-23-4-2-1-3-22(23)29-35-24(30(40)37(29)31)10-12-27(38)34-16-20-7-11-25-26(15-20)44-18-43-25/h1-9,11,15,24H,10,12-14,16-18H2,(H,33,39)(H,34,38)(H2,32,41,42)/t24-/m1/s1. The van der Waals surface area contributed by atoms with Crippen LogP contribution in [0.3, 0.4) is 0 Å². The number of sulfonamides is 1. The van der Waals surface area contributed by atoms with E-state index in [-0.39, 0.29) is 48.0 Å². The van der Waals surface area contributed by atoms with Crippen molar-refractivity contribution in [3.8, 4) is 11.5 Å². The SMILES string of the molecule is NS(=O)(=O)c1ccc(CCNC(=O)CSC2=Nc3ccccc3C3=N[C@H](CCC(=O)NCc4ccc5c(c4)OCO5)C(=O)N23)cc1. The molecule has 3 aliphatic rings. The summed E-state index contributed by atoms with van der Waals surface area (Å²) in [7, 11) is -3.77. The molecule has 238 valence electrons. The second kappa shape index (κ2) is 13.3. The molecule has 3 heterocycles. The Morgan fingerprint density at radius 1 is 0.978 bits per heavy atom. The molecule has 46 heavy (non-hydrogen) atoms. The van der Waals surface area contributed by atoms with Crippen LogP contribution in [0.2, 0.25) is 0 Å². The van der Waals surface area contributed by atoms with Crippen molar-refractivity contribution >= 4 is 56.2 Å². The van der Waals surface area contributed by atoms with E-state index in [4.69, 9.17) is 14.6 Å². The van der Waals surface area contributed by atoms with Gasteiger partial charge in [-0.15, -0.1) is 0 Å². The van der Waals surface area contributed by atoms with Gasteiger partial charge in [-0.2, -0.15) is 0 Å². The van der Waals surface area contributed by atoms with Gasteiger partial charge in [-0.05, 0) is 60.4 Å². The Balaban J connectivity index is 1.02. The number of hydrogen-bond donors (Lipinski definition) is 3. The number of benzene rings is 3. The lowest BCUT2D eigenvalue weighted by Gasteiger charge is -2.25. The first-order chi connectivity index (χ1) is 22.2. The maximum atomic E-state index is 13.5. The minimum absolute atomic E-state index is 0.00927. The molecule has 0 saturated heterocycles. The molecular formula is C31H30N6O7S2. The number of para-hydroxylation sites is 1. The number of hydrogen-bond acceptors (Lipinski definition) is 10. The molecular weight excluding hydrogens is 633 g/mol. The highest BCUT2D eigenvalue weighted by Crippen LogP contribution is 2.35. The Morgan fingerprint density at radius 2 is 1.74 bits per heavy atom. The van der Waals surface area contributed by atoms with Gasteiger partial charge in [-0.1, -0.05) is 42.1 Å². The molecule has 4 N–H and O–H groups in total. The molecule has 0 saturated carbocycles. The van der Waals surface area contributed by atoms with E-state index in [1.165, 1.54) is 17.0 Å². The van der Waals surface area contributed by atoms with Crippen molar-refractivity contribution in [2.45, 2.75) is 36.7 Å². The smallest absolute Gasteiger partial charge is 0.259 e.